The van der Waals surface area contributed by atoms with Crippen LogP contribution < -0.4 is 9.47 Å². The zero-order valence-electron chi connectivity index (χ0n) is 12.2. The first-order valence-electron chi connectivity index (χ1n) is 6.45. The largest absolute Gasteiger partial charge is 0.490 e. The third-order valence-corrected chi connectivity index (χ3v) is 2.86. The van der Waals surface area contributed by atoms with Crippen LogP contribution in [0, 0.1) is 0 Å². The molecule has 0 aliphatic heterocycles. The molecule has 1 aromatic rings. The van der Waals surface area contributed by atoms with Crippen LogP contribution in [-0.4, -0.2) is 43.3 Å². The van der Waals surface area contributed by atoms with E-state index in [9.17, 15) is 13.6 Å². The molecule has 0 aromatic heterocycles. The number of benzene rings is 1. The van der Waals surface area contributed by atoms with Gasteiger partial charge in [-0.3, -0.25) is 4.79 Å². The van der Waals surface area contributed by atoms with Gasteiger partial charge in [-0.05, 0) is 38.7 Å². The summed E-state index contributed by atoms with van der Waals surface area (Å²) >= 11 is 0. The van der Waals surface area contributed by atoms with Gasteiger partial charge in [0.1, 0.15) is 0 Å². The molecule has 1 N–H and O–H groups in total. The molecule has 1 atom stereocenters. The second-order valence-corrected chi connectivity index (χ2v) is 4.59. The van der Waals surface area contributed by atoms with Crippen LogP contribution in [0.1, 0.15) is 24.9 Å². The Balaban J connectivity index is 3.12. The number of alkyl halides is 2. The second kappa shape index (κ2) is 7.78. The van der Waals surface area contributed by atoms with Gasteiger partial charge in [-0.2, -0.15) is 8.78 Å². The van der Waals surface area contributed by atoms with Gasteiger partial charge in [-0.15, -0.1) is 0 Å². The summed E-state index contributed by atoms with van der Waals surface area (Å²) in [5, 5.41) is 8.96. The highest BCUT2D eigenvalue weighted by atomic mass is 19.3. The SMILES string of the molecule is CCOc1cc(C(CC(=O)O)N(C)C)ccc1OC(F)F. The molecule has 1 aromatic carbocycles. The zero-order valence-corrected chi connectivity index (χ0v) is 12.2. The maximum absolute atomic E-state index is 12.3. The maximum atomic E-state index is 12.3. The third-order valence-electron chi connectivity index (χ3n) is 2.86. The molecule has 1 unspecified atom stereocenters. The Morgan fingerprint density at radius 3 is 2.48 bits per heavy atom. The predicted molar refractivity (Wildman–Crippen MR) is 72.9 cm³/mol. The number of nitrogens with zero attached hydrogens (tertiary/aromatic N) is 1. The number of rotatable bonds is 8. The van der Waals surface area contributed by atoms with Crippen molar-refractivity contribution in [1.29, 1.82) is 0 Å². The average molecular weight is 303 g/mol. The van der Waals surface area contributed by atoms with Gasteiger partial charge >= 0.3 is 12.6 Å². The monoisotopic (exact) mass is 303 g/mol. The first-order valence-corrected chi connectivity index (χ1v) is 6.45. The summed E-state index contributed by atoms with van der Waals surface area (Å²) in [5.74, 6) is -0.837. The van der Waals surface area contributed by atoms with E-state index in [0.29, 0.717) is 5.56 Å². The smallest absolute Gasteiger partial charge is 0.387 e. The minimum absolute atomic E-state index is 0.0663. The molecule has 0 aliphatic carbocycles. The molecule has 7 heteroatoms. The number of carboxylic acids is 1. The van der Waals surface area contributed by atoms with Crippen molar-refractivity contribution in [3.05, 3.63) is 23.8 Å². The van der Waals surface area contributed by atoms with Crippen molar-refractivity contribution in [2.75, 3.05) is 20.7 Å². The molecule has 0 bridgehead atoms. The lowest BCUT2D eigenvalue weighted by atomic mass is 10.0. The lowest BCUT2D eigenvalue weighted by Gasteiger charge is -2.24. The number of ether oxygens (including phenoxy) is 2. The van der Waals surface area contributed by atoms with Crippen molar-refractivity contribution in [1.82, 2.24) is 4.90 Å². The van der Waals surface area contributed by atoms with Crippen LogP contribution in [0.2, 0.25) is 0 Å². The molecule has 0 saturated heterocycles. The standard InChI is InChI=1S/C14H19F2NO4/c1-4-20-12-7-9(5-6-11(12)21-14(15)16)10(17(2)3)8-13(18)19/h5-7,10,14H,4,8H2,1-3H3,(H,18,19). The summed E-state index contributed by atoms with van der Waals surface area (Å²) in [6.45, 7) is -0.938. The molecule has 1 rings (SSSR count). The van der Waals surface area contributed by atoms with Crippen molar-refractivity contribution in [2.45, 2.75) is 26.0 Å². The molecule has 0 heterocycles. The number of carboxylic acid groups (broad SMARTS) is 1. The molecule has 5 nitrogen and oxygen atoms in total. The summed E-state index contributed by atoms with van der Waals surface area (Å²) in [5.41, 5.74) is 0.660. The van der Waals surface area contributed by atoms with Gasteiger partial charge in [0, 0.05) is 6.04 Å². The number of hydrogen-bond acceptors (Lipinski definition) is 4. The number of halogens is 2. The Morgan fingerprint density at radius 1 is 1.33 bits per heavy atom. The van der Waals surface area contributed by atoms with E-state index in [2.05, 4.69) is 4.74 Å². The lowest BCUT2D eigenvalue weighted by molar-refractivity contribution is -0.138. The number of carbonyl (C=O) groups is 1. The Bertz CT molecular complexity index is 480. The summed E-state index contributed by atoms with van der Waals surface area (Å²) in [4.78, 5) is 12.7. The fourth-order valence-electron chi connectivity index (χ4n) is 1.96. The van der Waals surface area contributed by atoms with E-state index in [4.69, 9.17) is 9.84 Å². The van der Waals surface area contributed by atoms with Gasteiger partial charge in [0.25, 0.3) is 0 Å². The van der Waals surface area contributed by atoms with Crippen LogP contribution in [0.4, 0.5) is 8.78 Å². The van der Waals surface area contributed by atoms with E-state index in [1.165, 1.54) is 12.1 Å². The van der Waals surface area contributed by atoms with Gasteiger partial charge in [0.2, 0.25) is 0 Å². The number of hydrogen-bond donors (Lipinski definition) is 1. The summed E-state index contributed by atoms with van der Waals surface area (Å²) in [6.07, 6.45) is -0.104. The minimum atomic E-state index is -2.95. The van der Waals surface area contributed by atoms with Crippen molar-refractivity contribution >= 4 is 5.97 Å². The van der Waals surface area contributed by atoms with Crippen LogP contribution in [0.5, 0.6) is 11.5 Å². The van der Waals surface area contributed by atoms with Gasteiger partial charge in [0.05, 0.1) is 13.0 Å². The fourth-order valence-corrected chi connectivity index (χ4v) is 1.96. The highest BCUT2D eigenvalue weighted by molar-refractivity contribution is 5.68. The topological polar surface area (TPSA) is 59.0 Å². The van der Waals surface area contributed by atoms with Gasteiger partial charge < -0.3 is 19.5 Å². The van der Waals surface area contributed by atoms with E-state index in [1.807, 2.05) is 0 Å². The fraction of sp³-hybridized carbons (Fsp3) is 0.500. The van der Waals surface area contributed by atoms with E-state index in [1.54, 1.807) is 32.0 Å². The first-order chi connectivity index (χ1) is 9.85. The zero-order chi connectivity index (χ0) is 16.0. The number of aliphatic carboxylic acids is 1. The Labute approximate surface area is 122 Å². The van der Waals surface area contributed by atoms with Crippen molar-refractivity contribution < 1.29 is 28.2 Å². The van der Waals surface area contributed by atoms with Gasteiger partial charge in [0.15, 0.2) is 11.5 Å². The van der Waals surface area contributed by atoms with Gasteiger partial charge in [-0.25, -0.2) is 0 Å². The van der Waals surface area contributed by atoms with E-state index < -0.39 is 12.6 Å². The molecule has 0 fully saturated rings. The minimum Gasteiger partial charge on any atom is -0.490 e. The molecule has 0 radical (unpaired) electrons. The van der Waals surface area contributed by atoms with E-state index >= 15 is 0 Å². The molecular formula is C14H19F2NO4. The Hall–Kier alpha value is -1.89. The molecule has 21 heavy (non-hydrogen) atoms. The second-order valence-electron chi connectivity index (χ2n) is 4.59. The van der Waals surface area contributed by atoms with Crippen LogP contribution in [-0.2, 0) is 4.79 Å². The molecule has 0 amide bonds. The normalized spacial score (nSPS) is 12.5. The summed E-state index contributed by atoms with van der Waals surface area (Å²) in [7, 11) is 3.50. The Morgan fingerprint density at radius 2 is 2.00 bits per heavy atom. The molecule has 0 aliphatic rings. The van der Waals surface area contributed by atoms with E-state index in [-0.39, 0.29) is 30.6 Å². The van der Waals surface area contributed by atoms with E-state index in [0.717, 1.165) is 0 Å². The highest BCUT2D eigenvalue weighted by Gasteiger charge is 2.20. The molecule has 0 saturated carbocycles. The Kier molecular flexibility index (Phi) is 6.36. The lowest BCUT2D eigenvalue weighted by Crippen LogP contribution is -2.22. The maximum Gasteiger partial charge on any atom is 0.387 e. The van der Waals surface area contributed by atoms with Crippen molar-refractivity contribution in [3.8, 4) is 11.5 Å². The average Bonchev–Trinajstić information content (AvgIpc) is 2.37. The van der Waals surface area contributed by atoms with Crippen LogP contribution in [0.15, 0.2) is 18.2 Å². The quantitative estimate of drug-likeness (QED) is 0.800. The summed E-state index contributed by atoms with van der Waals surface area (Å²) in [6, 6.07) is 4.08. The van der Waals surface area contributed by atoms with Crippen LogP contribution in [0.3, 0.4) is 0 Å². The third kappa shape index (κ3) is 5.18. The first kappa shape index (κ1) is 17.2. The van der Waals surface area contributed by atoms with Gasteiger partial charge in [-0.1, -0.05) is 6.07 Å². The van der Waals surface area contributed by atoms with Crippen LogP contribution >= 0.6 is 0 Å². The predicted octanol–water partition coefficient (Wildman–Crippen LogP) is 2.76. The van der Waals surface area contributed by atoms with Crippen LogP contribution in [0.25, 0.3) is 0 Å². The van der Waals surface area contributed by atoms with Crippen molar-refractivity contribution in [3.63, 3.8) is 0 Å². The molecule has 0 spiro atoms. The molecular weight excluding hydrogens is 284 g/mol. The summed E-state index contributed by atoms with van der Waals surface area (Å²) < 4.78 is 34.3. The highest BCUT2D eigenvalue weighted by Crippen LogP contribution is 2.33. The van der Waals surface area contributed by atoms with Crippen molar-refractivity contribution in [2.24, 2.45) is 0 Å². The molecule has 118 valence electrons.